The summed E-state index contributed by atoms with van der Waals surface area (Å²) in [5, 5.41) is 8.01. The highest BCUT2D eigenvalue weighted by atomic mass is 16.2. The van der Waals surface area contributed by atoms with Gasteiger partial charge in [0.15, 0.2) is 11.5 Å². The predicted molar refractivity (Wildman–Crippen MR) is 199 cm³/mol. The van der Waals surface area contributed by atoms with E-state index in [1.807, 2.05) is 11.0 Å². The zero-order chi connectivity index (χ0) is 37.8. The SMILES string of the molecule is Nc1ncc(-c2ccc(C(=O)N3CCN(CCCC(=O)Nc4cccc5c4CN(C4CCC(=O)NC4=O)C5=O)CC3)cc2)nc1C(=O)Nc1ccccc1. The third-order valence-corrected chi connectivity index (χ3v) is 9.87. The van der Waals surface area contributed by atoms with E-state index in [9.17, 15) is 28.8 Å². The number of nitrogens with two attached hydrogens (primary N) is 1. The smallest absolute Gasteiger partial charge is 0.278 e. The molecule has 0 saturated carbocycles. The summed E-state index contributed by atoms with van der Waals surface area (Å²) in [5.41, 5.74) is 9.88. The number of carbonyl (C=O) groups excluding carboxylic acids is 6. The van der Waals surface area contributed by atoms with Crippen LogP contribution in [-0.4, -0.2) is 98.9 Å². The van der Waals surface area contributed by atoms with E-state index in [1.54, 1.807) is 66.7 Å². The molecular weight excluding hydrogens is 690 g/mol. The summed E-state index contributed by atoms with van der Waals surface area (Å²) in [5.74, 6) is -1.85. The lowest BCUT2D eigenvalue weighted by atomic mass is 10.0. The van der Waals surface area contributed by atoms with Crippen LogP contribution in [0.4, 0.5) is 17.2 Å². The first-order valence-electron chi connectivity index (χ1n) is 17.8. The van der Waals surface area contributed by atoms with Gasteiger partial charge in [0.2, 0.25) is 17.7 Å². The van der Waals surface area contributed by atoms with Gasteiger partial charge in [0, 0.05) is 79.2 Å². The number of imide groups is 1. The Bertz CT molecular complexity index is 2120. The molecule has 1 unspecified atom stereocenters. The molecule has 2 fully saturated rings. The van der Waals surface area contributed by atoms with E-state index in [-0.39, 0.29) is 60.9 Å². The zero-order valence-electron chi connectivity index (χ0n) is 29.4. The molecule has 54 heavy (non-hydrogen) atoms. The molecule has 4 heterocycles. The third-order valence-electron chi connectivity index (χ3n) is 9.87. The maximum Gasteiger partial charge on any atom is 0.278 e. The molecule has 0 spiro atoms. The van der Waals surface area contributed by atoms with Crippen LogP contribution in [0.5, 0.6) is 0 Å². The minimum atomic E-state index is -0.727. The molecule has 2 saturated heterocycles. The van der Waals surface area contributed by atoms with Crippen LogP contribution in [0.1, 0.15) is 62.5 Å². The van der Waals surface area contributed by atoms with E-state index in [1.165, 1.54) is 11.1 Å². The Kier molecular flexibility index (Phi) is 10.4. The Morgan fingerprint density at radius 1 is 0.889 bits per heavy atom. The van der Waals surface area contributed by atoms with Crippen molar-refractivity contribution < 1.29 is 28.8 Å². The van der Waals surface area contributed by atoms with Gasteiger partial charge in [-0.2, -0.15) is 0 Å². The molecule has 1 aromatic heterocycles. The lowest BCUT2D eigenvalue weighted by molar-refractivity contribution is -0.137. The molecule has 1 atom stereocenters. The average Bonchev–Trinajstić information content (AvgIpc) is 3.52. The summed E-state index contributed by atoms with van der Waals surface area (Å²) in [4.78, 5) is 90.3. The summed E-state index contributed by atoms with van der Waals surface area (Å²) < 4.78 is 0. The van der Waals surface area contributed by atoms with E-state index in [0.717, 1.165) is 0 Å². The van der Waals surface area contributed by atoms with Crippen molar-refractivity contribution in [3.05, 3.63) is 101 Å². The maximum atomic E-state index is 13.3. The van der Waals surface area contributed by atoms with Gasteiger partial charge in [-0.1, -0.05) is 36.4 Å². The van der Waals surface area contributed by atoms with Gasteiger partial charge in [-0.25, -0.2) is 9.97 Å². The lowest BCUT2D eigenvalue weighted by Crippen LogP contribution is -2.52. The van der Waals surface area contributed by atoms with Crippen LogP contribution in [0.2, 0.25) is 0 Å². The van der Waals surface area contributed by atoms with E-state index in [0.29, 0.717) is 78.5 Å². The molecule has 3 aromatic carbocycles. The molecule has 15 nitrogen and oxygen atoms in total. The van der Waals surface area contributed by atoms with Gasteiger partial charge < -0.3 is 26.2 Å². The van der Waals surface area contributed by atoms with Crippen LogP contribution in [0.15, 0.2) is 79.0 Å². The number of para-hydroxylation sites is 1. The molecule has 0 bridgehead atoms. The number of aromatic nitrogens is 2. The molecule has 276 valence electrons. The van der Waals surface area contributed by atoms with Crippen molar-refractivity contribution in [2.45, 2.75) is 38.3 Å². The first-order chi connectivity index (χ1) is 26.1. The average molecular weight is 730 g/mol. The van der Waals surface area contributed by atoms with Crippen LogP contribution in [0.3, 0.4) is 0 Å². The Balaban J connectivity index is 0.866. The minimum absolute atomic E-state index is 0.00661. The second-order valence-electron chi connectivity index (χ2n) is 13.4. The number of anilines is 3. The van der Waals surface area contributed by atoms with Gasteiger partial charge in [-0.3, -0.25) is 39.0 Å². The number of nitrogens with one attached hydrogen (secondary N) is 3. The molecule has 6 amide bonds. The number of piperazine rings is 1. The second kappa shape index (κ2) is 15.6. The van der Waals surface area contributed by atoms with Crippen molar-refractivity contribution in [2.75, 3.05) is 49.1 Å². The van der Waals surface area contributed by atoms with Crippen molar-refractivity contribution in [3.63, 3.8) is 0 Å². The number of rotatable bonds is 10. The molecule has 0 radical (unpaired) electrons. The normalized spacial score (nSPS) is 17.2. The Morgan fingerprint density at radius 2 is 1.65 bits per heavy atom. The minimum Gasteiger partial charge on any atom is -0.382 e. The molecule has 7 rings (SSSR count). The molecule has 5 N–H and O–H groups in total. The third kappa shape index (κ3) is 7.80. The van der Waals surface area contributed by atoms with Gasteiger partial charge in [-0.15, -0.1) is 0 Å². The fourth-order valence-electron chi connectivity index (χ4n) is 6.94. The van der Waals surface area contributed by atoms with Gasteiger partial charge in [0.1, 0.15) is 6.04 Å². The van der Waals surface area contributed by atoms with Crippen LogP contribution >= 0.6 is 0 Å². The Hall–Kier alpha value is -6.48. The van der Waals surface area contributed by atoms with Gasteiger partial charge in [0.25, 0.3) is 17.7 Å². The fraction of sp³-hybridized carbons (Fsp3) is 0.282. The topological polar surface area (TPSA) is 200 Å². The van der Waals surface area contributed by atoms with Crippen molar-refractivity contribution in [2.24, 2.45) is 0 Å². The van der Waals surface area contributed by atoms with Gasteiger partial charge >= 0.3 is 0 Å². The number of piperidine rings is 1. The molecule has 4 aromatic rings. The van der Waals surface area contributed by atoms with Crippen molar-refractivity contribution >= 4 is 52.6 Å². The molecule has 0 aliphatic carbocycles. The summed E-state index contributed by atoms with van der Waals surface area (Å²) in [7, 11) is 0. The highest BCUT2D eigenvalue weighted by molar-refractivity contribution is 6.07. The van der Waals surface area contributed by atoms with Crippen molar-refractivity contribution in [1.29, 1.82) is 0 Å². The van der Waals surface area contributed by atoms with Gasteiger partial charge in [0.05, 0.1) is 11.9 Å². The van der Waals surface area contributed by atoms with Crippen molar-refractivity contribution in [1.82, 2.24) is 30.0 Å². The molecule has 15 heteroatoms. The zero-order valence-corrected chi connectivity index (χ0v) is 29.4. The van der Waals surface area contributed by atoms with E-state index < -0.39 is 17.9 Å². The number of carbonyl (C=O) groups is 6. The van der Waals surface area contributed by atoms with Crippen LogP contribution in [0, 0.1) is 0 Å². The molecule has 3 aliphatic rings. The van der Waals surface area contributed by atoms with Crippen molar-refractivity contribution in [3.8, 4) is 11.3 Å². The summed E-state index contributed by atoms with van der Waals surface area (Å²) in [6, 6.07) is 20.4. The Morgan fingerprint density at radius 3 is 2.39 bits per heavy atom. The van der Waals surface area contributed by atoms with Crippen LogP contribution in [0.25, 0.3) is 11.3 Å². The first kappa shape index (κ1) is 35.9. The monoisotopic (exact) mass is 729 g/mol. The number of benzene rings is 3. The predicted octanol–water partition coefficient (Wildman–Crippen LogP) is 2.92. The lowest BCUT2D eigenvalue weighted by Gasteiger charge is -2.34. The number of hydrogen-bond donors (Lipinski definition) is 4. The van der Waals surface area contributed by atoms with Gasteiger partial charge in [-0.05, 0) is 55.8 Å². The summed E-state index contributed by atoms with van der Waals surface area (Å²) in [6.45, 7) is 3.30. The number of nitrogen functional groups attached to an aromatic ring is 1. The summed E-state index contributed by atoms with van der Waals surface area (Å²) in [6.07, 6.45) is 2.81. The van der Waals surface area contributed by atoms with Crippen LogP contribution < -0.4 is 21.7 Å². The Labute approximate surface area is 310 Å². The number of hydrogen-bond acceptors (Lipinski definition) is 10. The summed E-state index contributed by atoms with van der Waals surface area (Å²) >= 11 is 0. The molecular formula is C39H39N9O6. The van der Waals surface area contributed by atoms with E-state index in [4.69, 9.17) is 5.73 Å². The van der Waals surface area contributed by atoms with E-state index in [2.05, 4.69) is 30.8 Å². The molecule has 3 aliphatic heterocycles. The quantitative estimate of drug-likeness (QED) is 0.176. The van der Waals surface area contributed by atoms with Crippen LogP contribution in [-0.2, 0) is 20.9 Å². The second-order valence-corrected chi connectivity index (χ2v) is 13.4. The highest BCUT2D eigenvalue weighted by Crippen LogP contribution is 2.32. The van der Waals surface area contributed by atoms with E-state index >= 15 is 0 Å². The maximum absolute atomic E-state index is 13.3. The fourth-order valence-corrected chi connectivity index (χ4v) is 6.94. The largest absolute Gasteiger partial charge is 0.382 e. The number of nitrogens with zero attached hydrogens (tertiary/aromatic N) is 5. The number of fused-ring (bicyclic) bond motifs is 1. The standard InChI is InChI=1S/C39H39N9O6/c40-35-34(37(52)42-26-6-2-1-3-7-26)44-30(22-41-35)24-11-13-25(14-12-24)38(53)47-20-18-46(19-21-47)17-5-10-32(49)43-29-9-4-8-27-28(29)23-48(39(27)54)31-15-16-33(50)45-36(31)51/h1-4,6-9,11-14,22,31H,5,10,15-21,23H2,(H2,40,41)(H,42,52)(H,43,49)(H,45,50,51). The highest BCUT2D eigenvalue weighted by Gasteiger charge is 2.40. The number of amides is 6. The first-order valence-corrected chi connectivity index (χ1v) is 17.8.